The number of aryl methyl sites for hydroxylation is 1. The van der Waals surface area contributed by atoms with Gasteiger partial charge in [-0.2, -0.15) is 0 Å². The molecule has 1 saturated heterocycles. The molecule has 1 aliphatic rings. The molecule has 0 saturated carbocycles. The molecule has 1 aromatic carbocycles. The predicted molar refractivity (Wildman–Crippen MR) is 94.6 cm³/mol. The quantitative estimate of drug-likeness (QED) is 0.331. The monoisotopic (exact) mass is 322 g/mol. The van der Waals surface area contributed by atoms with Crippen LogP contribution in [-0.2, 0) is 11.2 Å². The fourth-order valence-corrected chi connectivity index (χ4v) is 2.94. The van der Waals surface area contributed by atoms with Crippen LogP contribution in [0.4, 0.5) is 5.69 Å². The van der Waals surface area contributed by atoms with Gasteiger partial charge in [-0.1, -0.05) is 0 Å². The first-order valence-electron chi connectivity index (χ1n) is 8.66. The van der Waals surface area contributed by atoms with E-state index < -0.39 is 0 Å². The number of likely N-dealkylation sites (N-methyl/N-ethyl adjacent to an activating group) is 1. The number of nitrogen functional groups attached to an aromatic ring is 1. The van der Waals surface area contributed by atoms with Gasteiger partial charge in [0.15, 0.2) is 0 Å². The summed E-state index contributed by atoms with van der Waals surface area (Å²) in [5.41, 5.74) is 7.64. The highest BCUT2D eigenvalue weighted by Crippen LogP contribution is 2.19. The van der Waals surface area contributed by atoms with Gasteiger partial charge in [-0.05, 0) is 43.0 Å². The van der Waals surface area contributed by atoms with Crippen molar-refractivity contribution in [1.82, 2.24) is 4.90 Å². The van der Waals surface area contributed by atoms with Crippen molar-refractivity contribution in [3.05, 3.63) is 23.8 Å². The number of aromatic hydroxyl groups is 1. The van der Waals surface area contributed by atoms with Gasteiger partial charge in [-0.25, -0.2) is 0 Å². The van der Waals surface area contributed by atoms with Crippen LogP contribution in [0.3, 0.4) is 0 Å². The highest BCUT2D eigenvalue weighted by Gasteiger charge is 2.23. The van der Waals surface area contributed by atoms with Crippen LogP contribution in [0.15, 0.2) is 18.2 Å². The Morgan fingerprint density at radius 3 is 2.61 bits per heavy atom. The number of rotatable bonds is 8. The molecule has 0 radical (unpaired) electrons. The third kappa shape index (κ3) is 6.37. The first kappa shape index (κ1) is 18.0. The second-order valence-corrected chi connectivity index (χ2v) is 7.18. The van der Waals surface area contributed by atoms with Crippen LogP contribution in [-0.4, -0.2) is 74.5 Å². The van der Waals surface area contributed by atoms with Crippen LogP contribution in [0.2, 0.25) is 0 Å². The Morgan fingerprint density at radius 2 is 1.87 bits per heavy atom. The molecule has 0 spiro atoms. The van der Waals surface area contributed by atoms with E-state index in [-0.39, 0.29) is 5.75 Å². The molecule has 0 bridgehead atoms. The van der Waals surface area contributed by atoms with E-state index in [2.05, 4.69) is 19.0 Å². The van der Waals surface area contributed by atoms with Crippen molar-refractivity contribution < 1.29 is 14.3 Å². The zero-order chi connectivity index (χ0) is 16.7. The van der Waals surface area contributed by atoms with Gasteiger partial charge in [0.1, 0.15) is 5.75 Å². The molecule has 1 aliphatic heterocycles. The van der Waals surface area contributed by atoms with Crippen LogP contribution in [0.5, 0.6) is 5.75 Å². The first-order chi connectivity index (χ1) is 11.0. The second kappa shape index (κ2) is 8.52. The number of phenolic OH excluding ortho intramolecular Hbond substituents is 1. The third-order valence-corrected chi connectivity index (χ3v) is 4.67. The van der Waals surface area contributed by atoms with Crippen LogP contribution < -0.4 is 5.73 Å². The maximum Gasteiger partial charge on any atom is 0.116 e. The van der Waals surface area contributed by atoms with Crippen molar-refractivity contribution in [2.75, 3.05) is 65.8 Å². The Hall–Kier alpha value is -1.30. The molecule has 1 fully saturated rings. The number of nitrogens with two attached hydrogens (primary N) is 1. The normalized spacial score (nSPS) is 18.2. The molecule has 1 heterocycles. The summed E-state index contributed by atoms with van der Waals surface area (Å²) in [7, 11) is 4.61. The SMILES string of the molecule is C[N+]1(C)CCN(CCCOCCCc2cc(O)ccc2N)CC1. The summed E-state index contributed by atoms with van der Waals surface area (Å²) in [6.45, 7) is 7.59. The highest BCUT2D eigenvalue weighted by molar-refractivity contribution is 5.50. The number of anilines is 1. The smallest absolute Gasteiger partial charge is 0.116 e. The summed E-state index contributed by atoms with van der Waals surface area (Å²) in [5.74, 6) is 0.276. The summed E-state index contributed by atoms with van der Waals surface area (Å²) >= 11 is 0. The van der Waals surface area contributed by atoms with Crippen molar-refractivity contribution >= 4 is 5.69 Å². The highest BCUT2D eigenvalue weighted by atomic mass is 16.5. The van der Waals surface area contributed by atoms with E-state index in [0.717, 1.165) is 54.8 Å². The molecule has 5 heteroatoms. The minimum absolute atomic E-state index is 0.276. The fraction of sp³-hybridized carbons (Fsp3) is 0.667. The number of hydrogen-bond acceptors (Lipinski definition) is 4. The minimum Gasteiger partial charge on any atom is -0.508 e. The lowest BCUT2D eigenvalue weighted by Crippen LogP contribution is -2.54. The molecule has 23 heavy (non-hydrogen) atoms. The maximum atomic E-state index is 9.47. The molecule has 130 valence electrons. The van der Waals surface area contributed by atoms with E-state index in [1.165, 1.54) is 26.2 Å². The summed E-state index contributed by atoms with van der Waals surface area (Å²) in [6.07, 6.45) is 2.88. The third-order valence-electron chi connectivity index (χ3n) is 4.67. The Kier molecular flexibility index (Phi) is 6.69. The van der Waals surface area contributed by atoms with Gasteiger partial charge in [0, 0.05) is 38.5 Å². The van der Waals surface area contributed by atoms with Gasteiger partial charge in [-0.15, -0.1) is 0 Å². The van der Waals surface area contributed by atoms with Crippen LogP contribution in [0, 0.1) is 0 Å². The molecule has 0 unspecified atom stereocenters. The molecule has 5 nitrogen and oxygen atoms in total. The van der Waals surface area contributed by atoms with Crippen molar-refractivity contribution in [2.24, 2.45) is 0 Å². The standard InChI is InChI=1S/C18H31N3O2/c1-21(2)11-9-20(10-12-21)8-4-14-23-13-3-5-16-15-17(22)6-7-18(16)19/h6-7,15H,3-5,8-14,19H2,1-2H3/p+1. The molecule has 0 amide bonds. The topological polar surface area (TPSA) is 58.7 Å². The van der Waals surface area contributed by atoms with E-state index >= 15 is 0 Å². The Labute approximate surface area is 140 Å². The predicted octanol–water partition coefficient (Wildman–Crippen LogP) is 1.71. The van der Waals surface area contributed by atoms with Gasteiger partial charge in [0.2, 0.25) is 0 Å². The molecule has 2 rings (SSSR count). The molecule has 0 atom stereocenters. The molecular formula is C18H32N3O2+. The molecule has 0 aliphatic carbocycles. The van der Waals surface area contributed by atoms with Crippen LogP contribution in [0.25, 0.3) is 0 Å². The van der Waals surface area contributed by atoms with Gasteiger partial charge >= 0.3 is 0 Å². The summed E-state index contributed by atoms with van der Waals surface area (Å²) in [6, 6.07) is 5.12. The average Bonchev–Trinajstić information content (AvgIpc) is 2.51. The number of quaternary nitrogens is 1. The number of ether oxygens (including phenoxy) is 1. The maximum absolute atomic E-state index is 9.47. The fourth-order valence-electron chi connectivity index (χ4n) is 2.94. The van der Waals surface area contributed by atoms with Gasteiger partial charge < -0.3 is 20.1 Å². The summed E-state index contributed by atoms with van der Waals surface area (Å²) < 4.78 is 6.87. The van der Waals surface area contributed by atoms with Gasteiger partial charge in [0.05, 0.1) is 27.2 Å². The van der Waals surface area contributed by atoms with E-state index in [0.29, 0.717) is 0 Å². The van der Waals surface area contributed by atoms with E-state index in [9.17, 15) is 5.11 Å². The first-order valence-corrected chi connectivity index (χ1v) is 8.66. The van der Waals surface area contributed by atoms with E-state index in [1.54, 1.807) is 18.2 Å². The number of nitrogens with zero attached hydrogens (tertiary/aromatic N) is 2. The lowest BCUT2D eigenvalue weighted by Gasteiger charge is -2.39. The van der Waals surface area contributed by atoms with Gasteiger partial charge in [-0.3, -0.25) is 4.90 Å². The Morgan fingerprint density at radius 1 is 1.17 bits per heavy atom. The van der Waals surface area contributed by atoms with Crippen LogP contribution >= 0.6 is 0 Å². The van der Waals surface area contributed by atoms with Crippen molar-refractivity contribution in [1.29, 1.82) is 0 Å². The summed E-state index contributed by atoms with van der Waals surface area (Å²) in [4.78, 5) is 2.54. The Balaban J connectivity index is 1.51. The van der Waals surface area contributed by atoms with E-state index in [1.807, 2.05) is 0 Å². The number of hydrogen-bond donors (Lipinski definition) is 2. The molecule has 1 aromatic rings. The molecule has 3 N–H and O–H groups in total. The second-order valence-electron chi connectivity index (χ2n) is 7.18. The molecule has 0 aromatic heterocycles. The largest absolute Gasteiger partial charge is 0.508 e. The summed E-state index contributed by atoms with van der Waals surface area (Å²) in [5, 5.41) is 9.47. The zero-order valence-corrected chi connectivity index (χ0v) is 14.6. The van der Waals surface area contributed by atoms with Crippen molar-refractivity contribution in [3.63, 3.8) is 0 Å². The van der Waals surface area contributed by atoms with Crippen LogP contribution in [0.1, 0.15) is 18.4 Å². The molecular weight excluding hydrogens is 290 g/mol. The zero-order valence-electron chi connectivity index (χ0n) is 14.6. The van der Waals surface area contributed by atoms with Crippen molar-refractivity contribution in [3.8, 4) is 5.75 Å². The lowest BCUT2D eigenvalue weighted by atomic mass is 10.1. The van der Waals surface area contributed by atoms with Gasteiger partial charge in [0.25, 0.3) is 0 Å². The number of phenols is 1. The minimum atomic E-state index is 0.276. The Bertz CT molecular complexity index is 481. The van der Waals surface area contributed by atoms with Crippen molar-refractivity contribution in [2.45, 2.75) is 19.3 Å². The average molecular weight is 322 g/mol. The number of piperazine rings is 1. The van der Waals surface area contributed by atoms with E-state index in [4.69, 9.17) is 10.5 Å². The number of benzene rings is 1. The lowest BCUT2D eigenvalue weighted by molar-refractivity contribution is -0.894.